The zero-order valence-corrected chi connectivity index (χ0v) is 13.0. The van der Waals surface area contributed by atoms with E-state index in [-0.39, 0.29) is 6.04 Å². The monoisotopic (exact) mass is 318 g/mol. The van der Waals surface area contributed by atoms with Gasteiger partial charge in [-0.15, -0.1) is 0 Å². The number of hydrogen-bond acceptors (Lipinski definition) is 5. The van der Waals surface area contributed by atoms with Crippen LogP contribution in [0.25, 0.3) is 0 Å². The first-order valence-corrected chi connectivity index (χ1v) is 7.78. The maximum absolute atomic E-state index is 5.93. The number of benzene rings is 1. The highest BCUT2D eigenvalue weighted by Gasteiger charge is 2.18. The summed E-state index contributed by atoms with van der Waals surface area (Å²) in [5.41, 5.74) is 1.22. The van der Waals surface area contributed by atoms with E-state index in [1.165, 1.54) is 11.8 Å². The molecule has 5 nitrogen and oxygen atoms in total. The van der Waals surface area contributed by atoms with Crippen LogP contribution in [0.1, 0.15) is 11.6 Å². The van der Waals surface area contributed by atoms with Crippen molar-refractivity contribution in [1.29, 1.82) is 0 Å². The summed E-state index contributed by atoms with van der Waals surface area (Å²) >= 11 is 5.93. The second-order valence-electron chi connectivity index (χ2n) is 5.25. The third-order valence-electron chi connectivity index (χ3n) is 3.67. The zero-order valence-electron chi connectivity index (χ0n) is 12.3. The summed E-state index contributed by atoms with van der Waals surface area (Å²) in [4.78, 5) is 10.8. The molecule has 1 unspecified atom stereocenters. The first-order chi connectivity index (χ1) is 10.8. The topological polar surface area (TPSA) is 50.3 Å². The molecular weight excluding hydrogens is 300 g/mol. The summed E-state index contributed by atoms with van der Waals surface area (Å²) in [6.07, 6.45) is 3.23. The second-order valence-corrected chi connectivity index (χ2v) is 5.63. The van der Waals surface area contributed by atoms with E-state index in [4.69, 9.17) is 16.3 Å². The van der Waals surface area contributed by atoms with E-state index < -0.39 is 0 Å². The predicted octanol–water partition coefficient (Wildman–Crippen LogP) is 2.62. The molecule has 1 saturated heterocycles. The van der Waals surface area contributed by atoms with Crippen LogP contribution in [-0.4, -0.2) is 47.7 Å². The van der Waals surface area contributed by atoms with Crippen molar-refractivity contribution in [3.8, 4) is 0 Å². The zero-order chi connectivity index (χ0) is 15.2. The standard InChI is InChI=1S/C16H19ClN4O/c17-15-10-18-11-16(20-15)19-14(13-4-2-1-3-5-13)12-21-6-8-22-9-7-21/h1-5,10-11,14H,6-9,12H2,(H,19,20). The van der Waals surface area contributed by atoms with Crippen LogP contribution in [0, 0.1) is 0 Å². The second kappa shape index (κ2) is 7.54. The van der Waals surface area contributed by atoms with Crippen molar-refractivity contribution in [2.24, 2.45) is 0 Å². The summed E-state index contributed by atoms with van der Waals surface area (Å²) in [7, 11) is 0. The van der Waals surface area contributed by atoms with Crippen LogP contribution in [0.2, 0.25) is 5.15 Å². The highest BCUT2D eigenvalue weighted by Crippen LogP contribution is 2.20. The van der Waals surface area contributed by atoms with Crippen molar-refractivity contribution in [1.82, 2.24) is 14.9 Å². The van der Waals surface area contributed by atoms with Crippen LogP contribution in [0.5, 0.6) is 0 Å². The van der Waals surface area contributed by atoms with Gasteiger partial charge in [0.2, 0.25) is 0 Å². The molecule has 0 aliphatic carbocycles. The third kappa shape index (κ3) is 4.16. The van der Waals surface area contributed by atoms with Crippen LogP contribution in [0.3, 0.4) is 0 Å². The van der Waals surface area contributed by atoms with Crippen LogP contribution in [0.4, 0.5) is 5.82 Å². The lowest BCUT2D eigenvalue weighted by molar-refractivity contribution is 0.0360. The largest absolute Gasteiger partial charge is 0.379 e. The highest BCUT2D eigenvalue weighted by molar-refractivity contribution is 6.29. The van der Waals surface area contributed by atoms with Gasteiger partial charge < -0.3 is 10.1 Å². The molecule has 1 aliphatic heterocycles. The maximum Gasteiger partial charge on any atom is 0.149 e. The van der Waals surface area contributed by atoms with Gasteiger partial charge in [0.05, 0.1) is 31.6 Å². The first-order valence-electron chi connectivity index (χ1n) is 7.40. The molecule has 0 spiro atoms. The smallest absolute Gasteiger partial charge is 0.149 e. The number of hydrogen-bond donors (Lipinski definition) is 1. The molecule has 6 heteroatoms. The summed E-state index contributed by atoms with van der Waals surface area (Å²) in [5.74, 6) is 0.689. The van der Waals surface area contributed by atoms with E-state index in [1.807, 2.05) is 18.2 Å². The van der Waals surface area contributed by atoms with Crippen LogP contribution in [0.15, 0.2) is 42.7 Å². The Bertz CT molecular complexity index is 590. The molecule has 3 rings (SSSR count). The molecule has 1 aromatic heterocycles. The quantitative estimate of drug-likeness (QED) is 0.918. The molecule has 2 aromatic rings. The SMILES string of the molecule is Clc1cncc(NC(CN2CCOCC2)c2ccccc2)n1. The highest BCUT2D eigenvalue weighted by atomic mass is 35.5. The Morgan fingerprint density at radius 2 is 1.95 bits per heavy atom. The lowest BCUT2D eigenvalue weighted by Crippen LogP contribution is -2.40. The Balaban J connectivity index is 1.76. The average Bonchev–Trinajstić information content (AvgIpc) is 2.56. The number of nitrogens with one attached hydrogen (secondary N) is 1. The average molecular weight is 319 g/mol. The van der Waals surface area contributed by atoms with Gasteiger partial charge in [0.15, 0.2) is 0 Å². The van der Waals surface area contributed by atoms with E-state index in [0.29, 0.717) is 11.0 Å². The fraction of sp³-hybridized carbons (Fsp3) is 0.375. The van der Waals surface area contributed by atoms with Gasteiger partial charge >= 0.3 is 0 Å². The molecule has 0 saturated carbocycles. The molecular formula is C16H19ClN4O. The minimum atomic E-state index is 0.132. The summed E-state index contributed by atoms with van der Waals surface area (Å²) < 4.78 is 5.42. The number of anilines is 1. The normalized spacial score (nSPS) is 17.1. The van der Waals surface area contributed by atoms with Crippen molar-refractivity contribution >= 4 is 17.4 Å². The fourth-order valence-electron chi connectivity index (χ4n) is 2.55. The van der Waals surface area contributed by atoms with E-state index in [9.17, 15) is 0 Å². The summed E-state index contributed by atoms with van der Waals surface area (Å²) in [5, 5.41) is 3.83. The number of nitrogens with zero attached hydrogens (tertiary/aromatic N) is 3. The molecule has 1 fully saturated rings. The van der Waals surface area contributed by atoms with Crippen molar-refractivity contribution in [3.05, 3.63) is 53.4 Å². The molecule has 116 valence electrons. The van der Waals surface area contributed by atoms with Gasteiger partial charge in [-0.25, -0.2) is 4.98 Å². The molecule has 1 N–H and O–H groups in total. The van der Waals surface area contributed by atoms with E-state index >= 15 is 0 Å². The number of halogens is 1. The first kappa shape index (κ1) is 15.2. The van der Waals surface area contributed by atoms with Gasteiger partial charge in [-0.1, -0.05) is 41.9 Å². The number of ether oxygens (including phenoxy) is 1. The molecule has 1 aliphatic rings. The Hall–Kier alpha value is -1.69. The molecule has 0 radical (unpaired) electrons. The van der Waals surface area contributed by atoms with Crippen molar-refractivity contribution in [2.45, 2.75) is 6.04 Å². The Morgan fingerprint density at radius 3 is 2.68 bits per heavy atom. The van der Waals surface area contributed by atoms with E-state index in [1.54, 1.807) is 6.20 Å². The third-order valence-corrected chi connectivity index (χ3v) is 3.86. The fourth-order valence-corrected chi connectivity index (χ4v) is 2.70. The maximum atomic E-state index is 5.93. The Kier molecular flexibility index (Phi) is 5.21. The van der Waals surface area contributed by atoms with Gasteiger partial charge in [-0.3, -0.25) is 9.88 Å². The van der Waals surface area contributed by atoms with E-state index in [2.05, 4.69) is 32.3 Å². The lowest BCUT2D eigenvalue weighted by Gasteiger charge is -2.31. The van der Waals surface area contributed by atoms with Gasteiger partial charge in [0.25, 0.3) is 0 Å². The van der Waals surface area contributed by atoms with Crippen molar-refractivity contribution in [3.63, 3.8) is 0 Å². The van der Waals surface area contributed by atoms with Crippen molar-refractivity contribution in [2.75, 3.05) is 38.2 Å². The molecule has 0 amide bonds. The Labute approximate surface area is 135 Å². The van der Waals surface area contributed by atoms with E-state index in [0.717, 1.165) is 32.8 Å². The van der Waals surface area contributed by atoms with Crippen molar-refractivity contribution < 1.29 is 4.74 Å². The van der Waals surface area contributed by atoms with Crippen LogP contribution < -0.4 is 5.32 Å². The molecule has 0 bridgehead atoms. The molecule has 22 heavy (non-hydrogen) atoms. The van der Waals surface area contributed by atoms with Crippen LogP contribution >= 0.6 is 11.6 Å². The van der Waals surface area contributed by atoms with Crippen LogP contribution in [-0.2, 0) is 4.74 Å². The minimum Gasteiger partial charge on any atom is -0.379 e. The number of rotatable bonds is 5. The summed E-state index contributed by atoms with van der Waals surface area (Å²) in [6, 6.07) is 10.5. The van der Waals surface area contributed by atoms with Gasteiger partial charge in [0, 0.05) is 19.6 Å². The predicted molar refractivity (Wildman–Crippen MR) is 87.1 cm³/mol. The molecule has 1 atom stereocenters. The number of aromatic nitrogens is 2. The van der Waals surface area contributed by atoms with Gasteiger partial charge in [0.1, 0.15) is 11.0 Å². The van der Waals surface area contributed by atoms with Gasteiger partial charge in [-0.2, -0.15) is 0 Å². The molecule has 2 heterocycles. The molecule has 1 aromatic carbocycles. The van der Waals surface area contributed by atoms with Gasteiger partial charge in [-0.05, 0) is 5.56 Å². The summed E-state index contributed by atoms with van der Waals surface area (Å²) in [6.45, 7) is 4.37. The number of morpholine rings is 1. The minimum absolute atomic E-state index is 0.132. The lowest BCUT2D eigenvalue weighted by atomic mass is 10.1. The Morgan fingerprint density at radius 1 is 1.18 bits per heavy atom.